The zero-order valence-corrected chi connectivity index (χ0v) is 17.6. The van der Waals surface area contributed by atoms with E-state index in [0.717, 1.165) is 34.5 Å². The molecular formula is C23H24FN3O2S. The Morgan fingerprint density at radius 1 is 1.13 bits per heavy atom. The second-order valence-corrected chi connectivity index (χ2v) is 8.16. The van der Waals surface area contributed by atoms with Crippen molar-refractivity contribution in [3.05, 3.63) is 64.0 Å². The van der Waals surface area contributed by atoms with Crippen LogP contribution in [0.5, 0.6) is 11.5 Å². The molecule has 2 aromatic carbocycles. The summed E-state index contributed by atoms with van der Waals surface area (Å²) in [5.74, 6) is 0.199. The van der Waals surface area contributed by atoms with E-state index in [1.54, 1.807) is 36.5 Å². The first-order valence-corrected chi connectivity index (χ1v) is 10.9. The number of hydrogen-bond acceptors (Lipinski definition) is 5. The van der Waals surface area contributed by atoms with Crippen LogP contribution in [-0.4, -0.2) is 29.1 Å². The van der Waals surface area contributed by atoms with E-state index in [9.17, 15) is 9.50 Å². The third-order valence-electron chi connectivity index (χ3n) is 5.22. The van der Waals surface area contributed by atoms with E-state index in [4.69, 9.17) is 9.73 Å². The molecule has 30 heavy (non-hydrogen) atoms. The molecule has 1 aliphatic rings. The molecule has 0 atom stereocenters. The van der Waals surface area contributed by atoms with Gasteiger partial charge in [0.15, 0.2) is 11.5 Å². The Hall–Kier alpha value is -2.93. The summed E-state index contributed by atoms with van der Waals surface area (Å²) in [6.07, 6.45) is 7.60. The van der Waals surface area contributed by atoms with Crippen molar-refractivity contribution >= 4 is 17.6 Å². The molecule has 5 nitrogen and oxygen atoms in total. The topological polar surface area (TPSA) is 59.1 Å². The Kier molecular flexibility index (Phi) is 6.28. The minimum Gasteiger partial charge on any atom is -0.504 e. The molecule has 7 heteroatoms. The van der Waals surface area contributed by atoms with Crippen LogP contribution in [0.4, 0.5) is 4.39 Å². The van der Waals surface area contributed by atoms with Crippen molar-refractivity contribution in [1.29, 1.82) is 0 Å². The lowest BCUT2D eigenvalue weighted by Crippen LogP contribution is -2.19. The van der Waals surface area contributed by atoms with E-state index < -0.39 is 0 Å². The van der Waals surface area contributed by atoms with Gasteiger partial charge in [-0.2, -0.15) is 5.10 Å². The molecule has 1 N–H and O–H groups in total. The molecule has 0 unspecified atom stereocenters. The molecule has 1 fully saturated rings. The van der Waals surface area contributed by atoms with Crippen LogP contribution in [-0.2, 0) is 0 Å². The molecule has 0 spiro atoms. The van der Waals surface area contributed by atoms with Gasteiger partial charge >= 0.3 is 0 Å². The van der Waals surface area contributed by atoms with Gasteiger partial charge in [-0.25, -0.2) is 9.07 Å². The highest BCUT2D eigenvalue weighted by Crippen LogP contribution is 2.26. The molecule has 156 valence electrons. The van der Waals surface area contributed by atoms with Crippen LogP contribution in [0.15, 0.2) is 57.9 Å². The van der Waals surface area contributed by atoms with Crippen LogP contribution < -0.4 is 9.54 Å². The van der Waals surface area contributed by atoms with Gasteiger partial charge in [-0.1, -0.05) is 19.3 Å². The maximum atomic E-state index is 13.4. The molecule has 4 rings (SSSR count). The molecule has 1 heterocycles. The predicted octanol–water partition coefficient (Wildman–Crippen LogP) is 5.19. The van der Waals surface area contributed by atoms with Crippen molar-refractivity contribution in [3.63, 3.8) is 0 Å². The van der Waals surface area contributed by atoms with Crippen molar-refractivity contribution < 1.29 is 14.2 Å². The lowest BCUT2D eigenvalue weighted by atomic mass is 9.96. The SMILES string of the molecule is COc1cc(C=Nn2c(-c3ccc(F)cc3)csc2=NC2CCCCC2)ccc1O. The fourth-order valence-corrected chi connectivity index (χ4v) is 4.49. The number of thiazole rings is 1. The van der Waals surface area contributed by atoms with Gasteiger partial charge in [0, 0.05) is 10.9 Å². The average Bonchev–Trinajstić information content (AvgIpc) is 3.16. The Morgan fingerprint density at radius 3 is 2.63 bits per heavy atom. The quantitative estimate of drug-likeness (QED) is 0.572. The van der Waals surface area contributed by atoms with Crippen LogP contribution in [0, 0.1) is 5.82 Å². The van der Waals surface area contributed by atoms with E-state index in [1.807, 2.05) is 10.1 Å². The summed E-state index contributed by atoms with van der Waals surface area (Å²) >= 11 is 1.54. The van der Waals surface area contributed by atoms with Crippen LogP contribution in [0.2, 0.25) is 0 Å². The highest BCUT2D eigenvalue weighted by Gasteiger charge is 2.14. The summed E-state index contributed by atoms with van der Waals surface area (Å²) in [4.78, 5) is 5.79. The molecule has 0 radical (unpaired) electrons. The van der Waals surface area contributed by atoms with Crippen LogP contribution in [0.3, 0.4) is 0 Å². The number of rotatable bonds is 5. The van der Waals surface area contributed by atoms with Crippen molar-refractivity contribution in [2.24, 2.45) is 10.1 Å². The van der Waals surface area contributed by atoms with Gasteiger partial charge < -0.3 is 9.84 Å². The third-order valence-corrected chi connectivity index (χ3v) is 6.05. The molecule has 0 aliphatic heterocycles. The number of phenols is 1. The number of methoxy groups -OCH3 is 1. The molecule has 1 aliphatic carbocycles. The minimum atomic E-state index is -0.271. The Bertz CT molecular complexity index is 1100. The number of halogens is 1. The van der Waals surface area contributed by atoms with Gasteiger partial charge in [-0.05, 0) is 60.9 Å². The fourth-order valence-electron chi connectivity index (χ4n) is 3.58. The van der Waals surface area contributed by atoms with Gasteiger partial charge in [0.05, 0.1) is 25.1 Å². The van der Waals surface area contributed by atoms with Gasteiger partial charge in [-0.15, -0.1) is 11.3 Å². The molecular weight excluding hydrogens is 401 g/mol. The summed E-state index contributed by atoms with van der Waals surface area (Å²) in [5, 5.41) is 16.5. The zero-order chi connectivity index (χ0) is 20.9. The molecule has 0 amide bonds. The summed E-state index contributed by atoms with van der Waals surface area (Å²) < 4.78 is 20.4. The lowest BCUT2D eigenvalue weighted by Gasteiger charge is -2.16. The highest BCUT2D eigenvalue weighted by molar-refractivity contribution is 7.07. The van der Waals surface area contributed by atoms with E-state index in [2.05, 4.69) is 5.10 Å². The zero-order valence-electron chi connectivity index (χ0n) is 16.8. The second kappa shape index (κ2) is 9.26. The molecule has 0 saturated heterocycles. The predicted molar refractivity (Wildman–Crippen MR) is 118 cm³/mol. The first kappa shape index (κ1) is 20.3. The first-order chi connectivity index (χ1) is 14.6. The Labute approximate surface area is 178 Å². The van der Waals surface area contributed by atoms with Crippen LogP contribution in [0.1, 0.15) is 37.7 Å². The first-order valence-electron chi connectivity index (χ1n) is 10.1. The molecule has 1 saturated carbocycles. The standard InChI is InChI=1S/C23H24FN3O2S/c1-29-22-13-16(7-12-21(22)28)14-25-27-20(17-8-10-18(24)11-9-17)15-30-23(27)26-19-5-3-2-4-6-19/h7-15,19,28H,2-6H2,1H3. The smallest absolute Gasteiger partial charge is 0.206 e. The molecule has 0 bridgehead atoms. The van der Waals surface area contributed by atoms with Gasteiger partial charge in [0.2, 0.25) is 4.80 Å². The summed E-state index contributed by atoms with van der Waals surface area (Å²) in [5.41, 5.74) is 2.52. The van der Waals surface area contributed by atoms with Gasteiger partial charge in [0.25, 0.3) is 0 Å². The van der Waals surface area contributed by atoms with E-state index >= 15 is 0 Å². The Morgan fingerprint density at radius 2 is 1.90 bits per heavy atom. The largest absolute Gasteiger partial charge is 0.504 e. The van der Waals surface area contributed by atoms with Crippen LogP contribution in [0.25, 0.3) is 11.3 Å². The fraction of sp³-hybridized carbons (Fsp3) is 0.304. The number of nitrogens with zero attached hydrogens (tertiary/aromatic N) is 3. The molecule has 1 aromatic heterocycles. The van der Waals surface area contributed by atoms with Gasteiger partial charge in [0.1, 0.15) is 5.82 Å². The summed E-state index contributed by atoms with van der Waals surface area (Å²) in [6.45, 7) is 0. The number of aromatic hydroxyl groups is 1. The summed E-state index contributed by atoms with van der Waals surface area (Å²) in [7, 11) is 1.51. The summed E-state index contributed by atoms with van der Waals surface area (Å²) in [6, 6.07) is 11.8. The highest BCUT2D eigenvalue weighted by atomic mass is 32.1. The maximum Gasteiger partial charge on any atom is 0.206 e. The Balaban J connectivity index is 1.75. The normalized spacial score (nSPS) is 15.7. The second-order valence-electron chi connectivity index (χ2n) is 7.32. The lowest BCUT2D eigenvalue weighted by molar-refractivity contribution is 0.373. The van der Waals surface area contributed by atoms with Crippen molar-refractivity contribution in [1.82, 2.24) is 4.68 Å². The van der Waals surface area contributed by atoms with Crippen LogP contribution >= 0.6 is 11.3 Å². The number of benzene rings is 2. The number of hydrogen-bond donors (Lipinski definition) is 1. The minimum absolute atomic E-state index is 0.0813. The maximum absolute atomic E-state index is 13.4. The number of phenolic OH excluding ortho intramolecular Hbond substituents is 1. The van der Waals surface area contributed by atoms with Crippen molar-refractivity contribution in [2.45, 2.75) is 38.1 Å². The van der Waals surface area contributed by atoms with E-state index in [-0.39, 0.29) is 11.6 Å². The third kappa shape index (κ3) is 4.62. The van der Waals surface area contributed by atoms with Gasteiger partial charge in [-0.3, -0.25) is 4.99 Å². The molecule has 3 aromatic rings. The van der Waals surface area contributed by atoms with Crippen molar-refractivity contribution in [2.75, 3.05) is 7.11 Å². The number of aromatic nitrogens is 1. The number of ether oxygens (including phenoxy) is 1. The monoisotopic (exact) mass is 425 g/mol. The van der Waals surface area contributed by atoms with E-state index in [0.29, 0.717) is 11.8 Å². The average molecular weight is 426 g/mol. The van der Waals surface area contributed by atoms with E-state index in [1.165, 1.54) is 49.8 Å². The van der Waals surface area contributed by atoms with Crippen molar-refractivity contribution in [3.8, 4) is 22.8 Å².